The molecule has 0 spiro atoms. The second-order valence-corrected chi connectivity index (χ2v) is 6.14. The average molecular weight is 293 g/mol. The second-order valence-electron chi connectivity index (χ2n) is 4.86. The maximum absolute atomic E-state index is 13.9. The van der Waals surface area contributed by atoms with Crippen LogP contribution in [0.5, 0.6) is 0 Å². The van der Waals surface area contributed by atoms with Gasteiger partial charge in [0, 0.05) is 29.1 Å². The van der Waals surface area contributed by atoms with E-state index in [0.717, 1.165) is 23.7 Å². The molecule has 0 aromatic carbocycles. The molecule has 20 heavy (non-hydrogen) atoms. The van der Waals surface area contributed by atoms with Crippen molar-refractivity contribution in [2.45, 2.75) is 39.7 Å². The summed E-state index contributed by atoms with van der Waals surface area (Å²) >= 11 is 1.69. The number of aromatic nitrogens is 2. The highest BCUT2D eigenvalue weighted by atomic mass is 32.1. The van der Waals surface area contributed by atoms with E-state index in [2.05, 4.69) is 29.1 Å². The van der Waals surface area contributed by atoms with Gasteiger partial charge in [-0.2, -0.15) is 0 Å². The van der Waals surface area contributed by atoms with Crippen molar-refractivity contribution in [2.24, 2.45) is 0 Å². The minimum Gasteiger partial charge on any atom is -0.309 e. The fourth-order valence-corrected chi connectivity index (χ4v) is 3.06. The molecule has 1 atom stereocenters. The summed E-state index contributed by atoms with van der Waals surface area (Å²) < 4.78 is 13.9. The summed E-state index contributed by atoms with van der Waals surface area (Å²) in [5.74, 6) is -0.258. The number of aryl methyl sites for hydroxylation is 2. The minimum absolute atomic E-state index is 0.0529. The lowest BCUT2D eigenvalue weighted by Gasteiger charge is -2.18. The van der Waals surface area contributed by atoms with Crippen LogP contribution in [0.3, 0.4) is 0 Å². The predicted molar refractivity (Wildman–Crippen MR) is 80.5 cm³/mol. The van der Waals surface area contributed by atoms with Gasteiger partial charge >= 0.3 is 0 Å². The molecule has 1 N–H and O–H groups in total. The molecule has 2 rings (SSSR count). The van der Waals surface area contributed by atoms with Crippen LogP contribution in [-0.4, -0.2) is 16.5 Å². The van der Waals surface area contributed by atoms with Crippen LogP contribution in [0.4, 0.5) is 4.39 Å². The molecule has 108 valence electrons. The molecule has 2 heterocycles. The third kappa shape index (κ3) is 3.61. The third-order valence-electron chi connectivity index (χ3n) is 3.27. The van der Waals surface area contributed by atoms with E-state index >= 15 is 0 Å². The van der Waals surface area contributed by atoms with E-state index in [0.29, 0.717) is 12.0 Å². The van der Waals surface area contributed by atoms with E-state index in [1.54, 1.807) is 23.6 Å². The van der Waals surface area contributed by atoms with Crippen LogP contribution < -0.4 is 5.32 Å². The van der Waals surface area contributed by atoms with Crippen molar-refractivity contribution in [1.29, 1.82) is 0 Å². The number of nitrogens with one attached hydrogen (secondary N) is 1. The summed E-state index contributed by atoms with van der Waals surface area (Å²) in [5.41, 5.74) is 1.73. The number of thiazole rings is 1. The molecule has 2 aromatic rings. The van der Waals surface area contributed by atoms with Gasteiger partial charge in [0.1, 0.15) is 5.82 Å². The Balaban J connectivity index is 2.21. The quantitative estimate of drug-likeness (QED) is 0.884. The Morgan fingerprint density at radius 1 is 1.40 bits per heavy atom. The summed E-state index contributed by atoms with van der Waals surface area (Å²) in [4.78, 5) is 9.60. The number of hydrogen-bond acceptors (Lipinski definition) is 4. The minimum atomic E-state index is -0.258. The van der Waals surface area contributed by atoms with Gasteiger partial charge in [0.15, 0.2) is 0 Å². The van der Waals surface area contributed by atoms with Gasteiger partial charge in [-0.25, -0.2) is 9.37 Å². The Hall–Kier alpha value is -1.33. The number of rotatable bonds is 6. The van der Waals surface area contributed by atoms with Gasteiger partial charge in [0.05, 0.1) is 16.9 Å². The van der Waals surface area contributed by atoms with Crippen LogP contribution >= 0.6 is 11.3 Å². The van der Waals surface area contributed by atoms with Gasteiger partial charge < -0.3 is 5.32 Å². The lowest BCUT2D eigenvalue weighted by molar-refractivity contribution is 0.494. The van der Waals surface area contributed by atoms with E-state index in [4.69, 9.17) is 0 Å². The van der Waals surface area contributed by atoms with E-state index in [1.165, 1.54) is 11.1 Å². The molecule has 2 aromatic heterocycles. The van der Waals surface area contributed by atoms with Crippen LogP contribution in [0.1, 0.15) is 40.5 Å². The number of pyridine rings is 1. The largest absolute Gasteiger partial charge is 0.309 e. The first-order chi connectivity index (χ1) is 9.61. The van der Waals surface area contributed by atoms with Crippen molar-refractivity contribution in [3.63, 3.8) is 0 Å². The highest BCUT2D eigenvalue weighted by Gasteiger charge is 2.17. The van der Waals surface area contributed by atoms with Crippen molar-refractivity contribution in [1.82, 2.24) is 15.3 Å². The molecule has 0 fully saturated rings. The van der Waals surface area contributed by atoms with E-state index in [-0.39, 0.29) is 11.9 Å². The zero-order valence-corrected chi connectivity index (χ0v) is 12.9. The molecule has 0 bridgehead atoms. The zero-order valence-electron chi connectivity index (χ0n) is 12.1. The Morgan fingerprint density at radius 2 is 2.20 bits per heavy atom. The summed E-state index contributed by atoms with van der Waals surface area (Å²) in [6.07, 6.45) is 4.63. The molecular formula is C15H20FN3S. The second kappa shape index (κ2) is 6.90. The first-order valence-electron chi connectivity index (χ1n) is 6.87. The van der Waals surface area contributed by atoms with Crippen LogP contribution in [0, 0.1) is 19.7 Å². The molecule has 0 saturated heterocycles. The predicted octanol–water partition coefficient (Wildman–Crippen LogP) is 3.58. The smallest absolute Gasteiger partial charge is 0.146 e. The normalized spacial score (nSPS) is 12.6. The molecule has 5 heteroatoms. The average Bonchev–Trinajstić information content (AvgIpc) is 2.74. The third-order valence-corrected chi connectivity index (χ3v) is 4.37. The van der Waals surface area contributed by atoms with Crippen LogP contribution in [0.25, 0.3) is 0 Å². The van der Waals surface area contributed by atoms with Crippen molar-refractivity contribution in [3.8, 4) is 0 Å². The molecule has 0 radical (unpaired) electrons. The topological polar surface area (TPSA) is 37.8 Å². The lowest BCUT2D eigenvalue weighted by Crippen LogP contribution is -2.25. The Labute approximate surface area is 123 Å². The Morgan fingerprint density at radius 3 is 2.80 bits per heavy atom. The van der Waals surface area contributed by atoms with Gasteiger partial charge in [-0.3, -0.25) is 4.98 Å². The number of nitrogens with zero attached hydrogens (tertiary/aromatic N) is 2. The molecule has 3 nitrogen and oxygen atoms in total. The van der Waals surface area contributed by atoms with Crippen LogP contribution in [0.2, 0.25) is 0 Å². The molecule has 0 aliphatic rings. The molecular weight excluding hydrogens is 273 g/mol. The highest BCUT2D eigenvalue weighted by molar-refractivity contribution is 7.11. The fourth-order valence-electron chi connectivity index (χ4n) is 2.08. The Bertz CT molecular complexity index is 548. The first-order valence-corrected chi connectivity index (χ1v) is 7.69. The van der Waals surface area contributed by atoms with Gasteiger partial charge in [0.25, 0.3) is 0 Å². The summed E-state index contributed by atoms with van der Waals surface area (Å²) in [7, 11) is 0. The standard InChI is InChI=1S/C15H20FN3S/c1-4-6-18-14(12-5-7-17-9-13(12)16)8-15-19-10(2)11(3)20-15/h5,7,9,14,18H,4,6,8H2,1-3H3. The maximum Gasteiger partial charge on any atom is 0.146 e. The van der Waals surface area contributed by atoms with Crippen molar-refractivity contribution in [3.05, 3.63) is 45.4 Å². The van der Waals surface area contributed by atoms with E-state index < -0.39 is 0 Å². The highest BCUT2D eigenvalue weighted by Crippen LogP contribution is 2.24. The molecule has 0 saturated carbocycles. The molecule has 0 aliphatic carbocycles. The van der Waals surface area contributed by atoms with Gasteiger partial charge in [-0.15, -0.1) is 11.3 Å². The van der Waals surface area contributed by atoms with Crippen molar-refractivity contribution in [2.75, 3.05) is 6.54 Å². The maximum atomic E-state index is 13.9. The molecule has 1 unspecified atom stereocenters. The van der Waals surface area contributed by atoms with Gasteiger partial charge in [0.2, 0.25) is 0 Å². The van der Waals surface area contributed by atoms with Crippen molar-refractivity contribution >= 4 is 11.3 Å². The first kappa shape index (κ1) is 15.1. The summed E-state index contributed by atoms with van der Waals surface area (Å²) in [6.45, 7) is 7.04. The SMILES string of the molecule is CCCNC(Cc1nc(C)c(C)s1)c1ccncc1F. The van der Waals surface area contributed by atoms with Crippen LogP contribution in [0.15, 0.2) is 18.5 Å². The molecule has 0 amide bonds. The fraction of sp³-hybridized carbons (Fsp3) is 0.467. The lowest BCUT2D eigenvalue weighted by atomic mass is 10.0. The van der Waals surface area contributed by atoms with Gasteiger partial charge in [-0.1, -0.05) is 6.92 Å². The number of halogens is 1. The van der Waals surface area contributed by atoms with E-state index in [9.17, 15) is 4.39 Å². The number of hydrogen-bond donors (Lipinski definition) is 1. The summed E-state index contributed by atoms with van der Waals surface area (Å²) in [6, 6.07) is 1.69. The Kier molecular flexibility index (Phi) is 5.20. The monoisotopic (exact) mass is 293 g/mol. The van der Waals surface area contributed by atoms with Gasteiger partial charge in [-0.05, 0) is 32.9 Å². The summed E-state index contributed by atoms with van der Waals surface area (Å²) in [5, 5.41) is 4.45. The molecule has 0 aliphatic heterocycles. The van der Waals surface area contributed by atoms with E-state index in [1.807, 2.05) is 6.92 Å². The zero-order chi connectivity index (χ0) is 14.5. The van der Waals surface area contributed by atoms with Crippen molar-refractivity contribution < 1.29 is 4.39 Å². The van der Waals surface area contributed by atoms with Crippen LogP contribution in [-0.2, 0) is 6.42 Å².